The number of ether oxygens (including phenoxy) is 2. The summed E-state index contributed by atoms with van der Waals surface area (Å²) < 4.78 is 10.2. The second-order valence-corrected chi connectivity index (χ2v) is 4.76. The van der Waals surface area contributed by atoms with Crippen molar-refractivity contribution in [1.29, 1.82) is 0 Å². The molecule has 1 N–H and O–H groups in total. The molecule has 1 aliphatic rings. The van der Waals surface area contributed by atoms with Crippen molar-refractivity contribution >= 4 is 5.91 Å². The van der Waals surface area contributed by atoms with Crippen LogP contribution in [0.1, 0.15) is 17.9 Å². The lowest BCUT2D eigenvalue weighted by molar-refractivity contribution is -0.122. The number of benzene rings is 1. The Morgan fingerprint density at radius 3 is 2.79 bits per heavy atom. The first-order valence-corrected chi connectivity index (χ1v) is 6.72. The predicted molar refractivity (Wildman–Crippen MR) is 73.0 cm³/mol. The molecular weight excluding hydrogens is 242 g/mol. The lowest BCUT2D eigenvalue weighted by atomic mass is 10.1. The fraction of sp³-hybridized carbons (Fsp3) is 0.533. The van der Waals surface area contributed by atoms with E-state index in [0.717, 1.165) is 6.42 Å². The molecule has 19 heavy (non-hydrogen) atoms. The minimum atomic E-state index is 0.140. The molecule has 2 unspecified atom stereocenters. The first kappa shape index (κ1) is 14.0. The molecule has 1 aliphatic carbocycles. The maximum atomic E-state index is 11.9. The van der Waals surface area contributed by atoms with E-state index >= 15 is 0 Å². The molecule has 1 amide bonds. The van der Waals surface area contributed by atoms with Gasteiger partial charge in [-0.15, -0.1) is 0 Å². The molecule has 104 valence electrons. The van der Waals surface area contributed by atoms with Crippen LogP contribution in [0.3, 0.4) is 0 Å². The molecule has 0 spiro atoms. The van der Waals surface area contributed by atoms with E-state index in [4.69, 9.17) is 9.47 Å². The molecule has 2 rings (SSSR count). The number of nitrogens with one attached hydrogen (secondary N) is 1. The SMILES string of the molecule is COCCOCCNC(=O)C1CC1c1ccccc1. The minimum absolute atomic E-state index is 0.140. The van der Waals surface area contributed by atoms with Gasteiger partial charge >= 0.3 is 0 Å². The molecule has 0 saturated heterocycles. The van der Waals surface area contributed by atoms with Gasteiger partial charge in [0.1, 0.15) is 0 Å². The van der Waals surface area contributed by atoms with Crippen LogP contribution in [-0.2, 0) is 14.3 Å². The number of rotatable bonds is 8. The van der Waals surface area contributed by atoms with Crippen LogP contribution in [-0.4, -0.2) is 39.4 Å². The number of amides is 1. The zero-order valence-electron chi connectivity index (χ0n) is 11.3. The van der Waals surface area contributed by atoms with Crippen molar-refractivity contribution in [3.8, 4) is 0 Å². The molecule has 1 fully saturated rings. The highest BCUT2D eigenvalue weighted by Gasteiger charge is 2.43. The van der Waals surface area contributed by atoms with Gasteiger partial charge in [-0.3, -0.25) is 4.79 Å². The minimum Gasteiger partial charge on any atom is -0.382 e. The van der Waals surface area contributed by atoms with E-state index in [2.05, 4.69) is 17.4 Å². The van der Waals surface area contributed by atoms with Gasteiger partial charge in [0.25, 0.3) is 0 Å². The number of carbonyl (C=O) groups excluding carboxylic acids is 1. The van der Waals surface area contributed by atoms with E-state index in [1.54, 1.807) is 7.11 Å². The van der Waals surface area contributed by atoms with Gasteiger partial charge in [-0.05, 0) is 17.9 Å². The second kappa shape index (κ2) is 7.26. The van der Waals surface area contributed by atoms with Crippen LogP contribution in [0.5, 0.6) is 0 Å². The molecule has 0 heterocycles. The number of methoxy groups -OCH3 is 1. The van der Waals surface area contributed by atoms with Crippen molar-refractivity contribution in [2.45, 2.75) is 12.3 Å². The Morgan fingerprint density at radius 1 is 1.26 bits per heavy atom. The van der Waals surface area contributed by atoms with Crippen LogP contribution >= 0.6 is 0 Å². The van der Waals surface area contributed by atoms with Crippen LogP contribution < -0.4 is 5.32 Å². The lowest BCUT2D eigenvalue weighted by Gasteiger charge is -2.06. The van der Waals surface area contributed by atoms with E-state index in [0.29, 0.717) is 32.3 Å². The molecule has 1 aromatic carbocycles. The molecule has 1 saturated carbocycles. The monoisotopic (exact) mass is 263 g/mol. The Hall–Kier alpha value is -1.39. The van der Waals surface area contributed by atoms with E-state index in [1.807, 2.05) is 18.2 Å². The van der Waals surface area contributed by atoms with Crippen molar-refractivity contribution in [2.24, 2.45) is 5.92 Å². The normalized spacial score (nSPS) is 21.1. The van der Waals surface area contributed by atoms with Gasteiger partial charge in [0.2, 0.25) is 5.91 Å². The Kier molecular flexibility index (Phi) is 5.36. The summed E-state index contributed by atoms with van der Waals surface area (Å²) in [5, 5.41) is 2.92. The van der Waals surface area contributed by atoms with Gasteiger partial charge in [-0.1, -0.05) is 30.3 Å². The topological polar surface area (TPSA) is 47.6 Å². The van der Waals surface area contributed by atoms with Crippen molar-refractivity contribution in [2.75, 3.05) is 33.5 Å². The maximum absolute atomic E-state index is 11.9. The Morgan fingerprint density at radius 2 is 2.05 bits per heavy atom. The third-order valence-corrected chi connectivity index (χ3v) is 3.33. The average Bonchev–Trinajstić information content (AvgIpc) is 3.24. The van der Waals surface area contributed by atoms with Gasteiger partial charge in [0, 0.05) is 19.6 Å². The van der Waals surface area contributed by atoms with Gasteiger partial charge in [-0.2, -0.15) is 0 Å². The number of carbonyl (C=O) groups is 1. The molecule has 4 nitrogen and oxygen atoms in total. The molecule has 0 bridgehead atoms. The summed E-state index contributed by atoms with van der Waals surface area (Å²) in [6.45, 7) is 2.27. The molecular formula is C15H21NO3. The summed E-state index contributed by atoms with van der Waals surface area (Å²) >= 11 is 0. The summed E-state index contributed by atoms with van der Waals surface area (Å²) in [5.41, 5.74) is 1.26. The zero-order valence-corrected chi connectivity index (χ0v) is 11.3. The highest BCUT2D eigenvalue weighted by molar-refractivity contribution is 5.82. The van der Waals surface area contributed by atoms with Crippen molar-refractivity contribution in [3.63, 3.8) is 0 Å². The zero-order chi connectivity index (χ0) is 13.5. The van der Waals surface area contributed by atoms with E-state index in [9.17, 15) is 4.79 Å². The third-order valence-electron chi connectivity index (χ3n) is 3.33. The lowest BCUT2D eigenvalue weighted by Crippen LogP contribution is -2.29. The van der Waals surface area contributed by atoms with Crippen LogP contribution in [0.15, 0.2) is 30.3 Å². The largest absolute Gasteiger partial charge is 0.382 e. The maximum Gasteiger partial charge on any atom is 0.223 e. The van der Waals surface area contributed by atoms with Crippen molar-refractivity contribution < 1.29 is 14.3 Å². The van der Waals surface area contributed by atoms with Crippen molar-refractivity contribution in [1.82, 2.24) is 5.32 Å². The Bertz CT molecular complexity index is 394. The smallest absolute Gasteiger partial charge is 0.223 e. The third kappa shape index (κ3) is 4.33. The fourth-order valence-electron chi connectivity index (χ4n) is 2.18. The first-order valence-electron chi connectivity index (χ1n) is 6.72. The molecule has 0 aromatic heterocycles. The van der Waals surface area contributed by atoms with E-state index in [1.165, 1.54) is 5.56 Å². The molecule has 1 aromatic rings. The molecule has 0 radical (unpaired) electrons. The van der Waals surface area contributed by atoms with E-state index < -0.39 is 0 Å². The standard InChI is InChI=1S/C15H21NO3/c1-18-9-10-19-8-7-16-15(17)14-11-13(14)12-5-3-2-4-6-12/h2-6,13-14H,7-11H2,1H3,(H,16,17). The second-order valence-electron chi connectivity index (χ2n) is 4.76. The highest BCUT2D eigenvalue weighted by atomic mass is 16.5. The van der Waals surface area contributed by atoms with Crippen LogP contribution in [0, 0.1) is 5.92 Å². The quantitative estimate of drug-likeness (QED) is 0.724. The van der Waals surface area contributed by atoms with Crippen LogP contribution in [0.4, 0.5) is 0 Å². The summed E-state index contributed by atoms with van der Waals surface area (Å²) in [4.78, 5) is 11.9. The van der Waals surface area contributed by atoms with Crippen LogP contribution in [0.2, 0.25) is 0 Å². The summed E-state index contributed by atoms with van der Waals surface area (Å²) in [6.07, 6.45) is 0.959. The summed E-state index contributed by atoms with van der Waals surface area (Å²) in [7, 11) is 1.64. The highest BCUT2D eigenvalue weighted by Crippen LogP contribution is 2.47. The predicted octanol–water partition coefficient (Wildman–Crippen LogP) is 1.57. The van der Waals surface area contributed by atoms with E-state index in [-0.39, 0.29) is 11.8 Å². The molecule has 4 heteroatoms. The summed E-state index contributed by atoms with van der Waals surface area (Å²) in [6, 6.07) is 10.2. The number of hydrogen-bond acceptors (Lipinski definition) is 3. The van der Waals surface area contributed by atoms with Crippen LogP contribution in [0.25, 0.3) is 0 Å². The Labute approximate surface area is 114 Å². The van der Waals surface area contributed by atoms with Gasteiger partial charge in [0.05, 0.1) is 19.8 Å². The average molecular weight is 263 g/mol. The molecule has 2 atom stereocenters. The Balaban J connectivity index is 1.61. The van der Waals surface area contributed by atoms with Crippen molar-refractivity contribution in [3.05, 3.63) is 35.9 Å². The molecule has 0 aliphatic heterocycles. The number of hydrogen-bond donors (Lipinski definition) is 1. The van der Waals surface area contributed by atoms with Gasteiger partial charge < -0.3 is 14.8 Å². The van der Waals surface area contributed by atoms with Gasteiger partial charge in [0.15, 0.2) is 0 Å². The summed E-state index contributed by atoms with van der Waals surface area (Å²) in [5.74, 6) is 0.682. The first-order chi connectivity index (χ1) is 9.33. The fourth-order valence-corrected chi connectivity index (χ4v) is 2.18. The van der Waals surface area contributed by atoms with Gasteiger partial charge in [-0.25, -0.2) is 0 Å².